The highest BCUT2D eigenvalue weighted by Crippen LogP contribution is 2.17. The molecule has 1 aromatic carbocycles. The minimum atomic E-state index is -0.155. The minimum absolute atomic E-state index is 0.0520. The van der Waals surface area contributed by atoms with Crippen LogP contribution in [-0.4, -0.2) is 24.4 Å². The Morgan fingerprint density at radius 3 is 2.81 bits per heavy atom. The summed E-state index contributed by atoms with van der Waals surface area (Å²) in [5.74, 6) is 0.837. The Hall–Kier alpha value is -1.22. The minimum Gasteiger partial charge on any atom is -0.493 e. The van der Waals surface area contributed by atoms with Crippen LogP contribution in [-0.2, 0) is 0 Å². The van der Waals surface area contributed by atoms with Crippen LogP contribution in [0.2, 0.25) is 0 Å². The summed E-state index contributed by atoms with van der Waals surface area (Å²) in [5.41, 5.74) is 0.543. The van der Waals surface area contributed by atoms with Crippen LogP contribution in [0.25, 0.3) is 0 Å². The third-order valence-corrected chi connectivity index (χ3v) is 2.50. The Balaban J connectivity index is 2.81. The summed E-state index contributed by atoms with van der Waals surface area (Å²) in [6, 6.07) is 7.12. The van der Waals surface area contributed by atoms with Gasteiger partial charge >= 0.3 is 0 Å². The van der Waals surface area contributed by atoms with Crippen LogP contribution in [0.1, 0.15) is 24.2 Å². The average molecular weight is 242 g/mol. The number of rotatable bonds is 5. The third kappa shape index (κ3) is 3.42. The first-order chi connectivity index (χ1) is 7.69. The Bertz CT molecular complexity index is 355. The number of ether oxygens (including phenoxy) is 1. The maximum Gasteiger partial charge on any atom is 0.255 e. The van der Waals surface area contributed by atoms with E-state index in [0.29, 0.717) is 23.8 Å². The van der Waals surface area contributed by atoms with Crippen molar-refractivity contribution in [2.24, 2.45) is 0 Å². The van der Waals surface area contributed by atoms with E-state index >= 15 is 0 Å². The van der Waals surface area contributed by atoms with Gasteiger partial charge < -0.3 is 10.1 Å². The second-order valence-corrected chi connectivity index (χ2v) is 3.77. The van der Waals surface area contributed by atoms with Gasteiger partial charge in [0.15, 0.2) is 0 Å². The molecular formula is C12H16ClNO2. The first-order valence-corrected chi connectivity index (χ1v) is 5.81. The van der Waals surface area contributed by atoms with Gasteiger partial charge in [0.1, 0.15) is 5.75 Å². The summed E-state index contributed by atoms with van der Waals surface area (Å²) >= 11 is 5.64. The summed E-state index contributed by atoms with van der Waals surface area (Å²) in [6.45, 7) is 4.28. The van der Waals surface area contributed by atoms with Crippen LogP contribution in [0.3, 0.4) is 0 Å². The zero-order valence-corrected chi connectivity index (χ0v) is 10.3. The van der Waals surface area contributed by atoms with Crippen molar-refractivity contribution in [1.29, 1.82) is 0 Å². The van der Waals surface area contributed by atoms with Crippen LogP contribution in [0.5, 0.6) is 5.75 Å². The molecule has 1 rings (SSSR count). The first kappa shape index (κ1) is 12.8. The molecule has 1 aromatic rings. The first-order valence-electron chi connectivity index (χ1n) is 5.27. The van der Waals surface area contributed by atoms with Gasteiger partial charge in [0, 0.05) is 11.9 Å². The van der Waals surface area contributed by atoms with Crippen molar-refractivity contribution in [1.82, 2.24) is 5.32 Å². The molecule has 0 aliphatic heterocycles. The number of hydrogen-bond acceptors (Lipinski definition) is 2. The normalized spacial score (nSPS) is 11.9. The molecule has 0 aromatic heterocycles. The Labute approximate surface area is 101 Å². The fourth-order valence-corrected chi connectivity index (χ4v) is 1.35. The summed E-state index contributed by atoms with van der Waals surface area (Å²) in [5, 5.41) is 2.79. The third-order valence-electron chi connectivity index (χ3n) is 2.04. The molecule has 0 saturated heterocycles. The largest absolute Gasteiger partial charge is 0.493 e. The molecule has 1 amide bonds. The van der Waals surface area contributed by atoms with Crippen LogP contribution >= 0.6 is 11.6 Å². The van der Waals surface area contributed by atoms with Crippen molar-refractivity contribution >= 4 is 17.5 Å². The number of hydrogen-bond donors (Lipinski definition) is 1. The molecule has 4 heteroatoms. The monoisotopic (exact) mass is 241 g/mol. The standard InChI is InChI=1S/C12H16ClNO2/c1-3-16-11-7-5-4-6-10(11)12(15)14-9(2)8-13/h4-7,9H,3,8H2,1-2H3,(H,14,15). The van der Waals surface area contributed by atoms with Crippen molar-refractivity contribution in [2.75, 3.05) is 12.5 Å². The topological polar surface area (TPSA) is 38.3 Å². The number of para-hydroxylation sites is 1. The smallest absolute Gasteiger partial charge is 0.255 e. The maximum absolute atomic E-state index is 11.9. The molecule has 0 fully saturated rings. The number of alkyl halides is 1. The molecule has 0 bridgehead atoms. The molecule has 1 N–H and O–H groups in total. The van der Waals surface area contributed by atoms with E-state index in [1.54, 1.807) is 12.1 Å². The molecule has 0 radical (unpaired) electrons. The number of carbonyl (C=O) groups excluding carboxylic acids is 1. The number of nitrogens with one attached hydrogen (secondary N) is 1. The van der Waals surface area contributed by atoms with Gasteiger partial charge in [-0.1, -0.05) is 12.1 Å². The number of halogens is 1. The van der Waals surface area contributed by atoms with E-state index in [0.717, 1.165) is 0 Å². The summed E-state index contributed by atoms with van der Waals surface area (Å²) in [6.07, 6.45) is 0. The lowest BCUT2D eigenvalue weighted by atomic mass is 10.2. The fourth-order valence-electron chi connectivity index (χ4n) is 1.28. The van der Waals surface area contributed by atoms with Crippen LogP contribution < -0.4 is 10.1 Å². The average Bonchev–Trinajstić information content (AvgIpc) is 2.30. The molecule has 16 heavy (non-hydrogen) atoms. The number of benzene rings is 1. The van der Waals surface area contributed by atoms with Gasteiger partial charge in [0.05, 0.1) is 12.2 Å². The van der Waals surface area contributed by atoms with Crippen molar-refractivity contribution in [3.8, 4) is 5.75 Å². The van der Waals surface area contributed by atoms with Gasteiger partial charge in [-0.15, -0.1) is 11.6 Å². The van der Waals surface area contributed by atoms with Crippen LogP contribution in [0.4, 0.5) is 0 Å². The quantitative estimate of drug-likeness (QED) is 0.805. The molecule has 0 heterocycles. The maximum atomic E-state index is 11.9. The van der Waals surface area contributed by atoms with E-state index in [1.165, 1.54) is 0 Å². The van der Waals surface area contributed by atoms with E-state index < -0.39 is 0 Å². The van der Waals surface area contributed by atoms with Gasteiger partial charge in [-0.05, 0) is 26.0 Å². The fraction of sp³-hybridized carbons (Fsp3) is 0.417. The lowest BCUT2D eigenvalue weighted by Crippen LogP contribution is -2.33. The van der Waals surface area contributed by atoms with Crippen LogP contribution in [0, 0.1) is 0 Å². The molecular weight excluding hydrogens is 226 g/mol. The lowest BCUT2D eigenvalue weighted by Gasteiger charge is -2.13. The predicted octanol–water partition coefficient (Wildman–Crippen LogP) is 2.44. The summed E-state index contributed by atoms with van der Waals surface area (Å²) in [7, 11) is 0. The molecule has 1 atom stereocenters. The second-order valence-electron chi connectivity index (χ2n) is 3.46. The molecule has 0 spiro atoms. The highest BCUT2D eigenvalue weighted by molar-refractivity contribution is 6.18. The molecule has 0 saturated carbocycles. The summed E-state index contributed by atoms with van der Waals surface area (Å²) < 4.78 is 5.38. The van der Waals surface area contributed by atoms with E-state index in [4.69, 9.17) is 16.3 Å². The molecule has 0 aliphatic rings. The van der Waals surface area contributed by atoms with Gasteiger partial charge in [-0.25, -0.2) is 0 Å². The lowest BCUT2D eigenvalue weighted by molar-refractivity contribution is 0.0940. The molecule has 88 valence electrons. The van der Waals surface area contributed by atoms with Gasteiger partial charge in [0.25, 0.3) is 5.91 Å². The van der Waals surface area contributed by atoms with E-state index in [-0.39, 0.29) is 11.9 Å². The van der Waals surface area contributed by atoms with Crippen LogP contribution in [0.15, 0.2) is 24.3 Å². The Morgan fingerprint density at radius 2 is 2.19 bits per heavy atom. The number of carbonyl (C=O) groups is 1. The summed E-state index contributed by atoms with van der Waals surface area (Å²) in [4.78, 5) is 11.9. The highest BCUT2D eigenvalue weighted by atomic mass is 35.5. The highest BCUT2D eigenvalue weighted by Gasteiger charge is 2.13. The van der Waals surface area contributed by atoms with E-state index in [2.05, 4.69) is 5.32 Å². The number of amides is 1. The molecule has 1 unspecified atom stereocenters. The molecule has 0 aliphatic carbocycles. The second kappa shape index (κ2) is 6.38. The van der Waals surface area contributed by atoms with Crippen molar-refractivity contribution in [3.05, 3.63) is 29.8 Å². The zero-order valence-electron chi connectivity index (χ0n) is 9.50. The molecule has 3 nitrogen and oxygen atoms in total. The van der Waals surface area contributed by atoms with Crippen molar-refractivity contribution < 1.29 is 9.53 Å². The van der Waals surface area contributed by atoms with Gasteiger partial charge in [-0.3, -0.25) is 4.79 Å². The SMILES string of the molecule is CCOc1ccccc1C(=O)NC(C)CCl. The predicted molar refractivity (Wildman–Crippen MR) is 65.3 cm³/mol. The van der Waals surface area contributed by atoms with E-state index in [1.807, 2.05) is 26.0 Å². The van der Waals surface area contributed by atoms with Crippen molar-refractivity contribution in [2.45, 2.75) is 19.9 Å². The Morgan fingerprint density at radius 1 is 1.50 bits per heavy atom. The van der Waals surface area contributed by atoms with Crippen molar-refractivity contribution in [3.63, 3.8) is 0 Å². The van der Waals surface area contributed by atoms with Gasteiger partial charge in [0.2, 0.25) is 0 Å². The van der Waals surface area contributed by atoms with E-state index in [9.17, 15) is 4.79 Å². The van der Waals surface area contributed by atoms with Gasteiger partial charge in [-0.2, -0.15) is 0 Å². The zero-order chi connectivity index (χ0) is 12.0. The Kier molecular flexibility index (Phi) is 5.12.